The number of halogens is 2. The first-order valence-electron chi connectivity index (χ1n) is 6.37. The molecule has 2 nitrogen and oxygen atoms in total. The van der Waals surface area contributed by atoms with Gasteiger partial charge in [0.1, 0.15) is 11.6 Å². The normalized spacial score (nSPS) is 12.1. The molecule has 4 heteroatoms. The maximum atomic E-state index is 13.6. The first-order valence-corrected chi connectivity index (χ1v) is 7.16. The van der Waals surface area contributed by atoms with Crippen LogP contribution in [0.25, 0.3) is 0 Å². The lowest BCUT2D eigenvalue weighted by molar-refractivity contribution is 0.416. The Labute approximate surface area is 127 Å². The number of ether oxygens (including phenoxy) is 1. The minimum Gasteiger partial charge on any atom is -0.495 e. The summed E-state index contributed by atoms with van der Waals surface area (Å²) in [5.41, 5.74) is 2.42. The molecule has 0 heterocycles. The van der Waals surface area contributed by atoms with E-state index >= 15 is 0 Å². The zero-order chi connectivity index (χ0) is 14.7. The first-order chi connectivity index (χ1) is 9.51. The molecule has 1 unspecified atom stereocenters. The second-order valence-electron chi connectivity index (χ2n) is 4.72. The number of nitrogens with one attached hydrogen (secondary N) is 1. The molecule has 1 atom stereocenters. The van der Waals surface area contributed by atoms with Crippen LogP contribution in [0, 0.1) is 12.7 Å². The zero-order valence-corrected chi connectivity index (χ0v) is 13.3. The molecule has 2 aromatic rings. The topological polar surface area (TPSA) is 21.3 Å². The van der Waals surface area contributed by atoms with Crippen LogP contribution in [0.1, 0.15) is 24.1 Å². The van der Waals surface area contributed by atoms with Crippen LogP contribution in [-0.4, -0.2) is 7.11 Å². The summed E-state index contributed by atoms with van der Waals surface area (Å²) in [6.45, 7) is 3.75. The van der Waals surface area contributed by atoms with Gasteiger partial charge in [-0.25, -0.2) is 4.39 Å². The van der Waals surface area contributed by atoms with Gasteiger partial charge >= 0.3 is 0 Å². The van der Waals surface area contributed by atoms with Crippen LogP contribution in [0.3, 0.4) is 0 Å². The maximum absolute atomic E-state index is 13.6. The van der Waals surface area contributed by atoms with Gasteiger partial charge < -0.3 is 10.1 Å². The molecule has 0 radical (unpaired) electrons. The number of aryl methyl sites for hydroxylation is 1. The summed E-state index contributed by atoms with van der Waals surface area (Å²) in [4.78, 5) is 0. The van der Waals surface area contributed by atoms with Crippen molar-refractivity contribution >= 4 is 21.6 Å². The van der Waals surface area contributed by atoms with Gasteiger partial charge in [-0.05, 0) is 49.2 Å². The van der Waals surface area contributed by atoms with Crippen LogP contribution < -0.4 is 10.1 Å². The SMILES string of the molecule is COc1ccc(Br)cc1NC(C)c1ccc(C)c(F)c1. The molecule has 1 N–H and O–H groups in total. The fraction of sp³-hybridized carbons (Fsp3) is 0.250. The second-order valence-corrected chi connectivity index (χ2v) is 5.63. The van der Waals surface area contributed by atoms with Gasteiger partial charge in [-0.15, -0.1) is 0 Å². The molecule has 20 heavy (non-hydrogen) atoms. The number of anilines is 1. The van der Waals surface area contributed by atoms with Gasteiger partial charge in [0.2, 0.25) is 0 Å². The lowest BCUT2D eigenvalue weighted by Crippen LogP contribution is -2.08. The number of hydrogen-bond acceptors (Lipinski definition) is 2. The highest BCUT2D eigenvalue weighted by molar-refractivity contribution is 9.10. The largest absolute Gasteiger partial charge is 0.495 e. The Morgan fingerprint density at radius 1 is 1.20 bits per heavy atom. The minimum atomic E-state index is -0.183. The van der Waals surface area contributed by atoms with Gasteiger partial charge in [-0.3, -0.25) is 0 Å². The summed E-state index contributed by atoms with van der Waals surface area (Å²) in [6, 6.07) is 11.0. The van der Waals surface area contributed by atoms with Crippen LogP contribution in [0.2, 0.25) is 0 Å². The van der Waals surface area contributed by atoms with E-state index < -0.39 is 0 Å². The molecule has 0 spiro atoms. The molecule has 106 valence electrons. The van der Waals surface area contributed by atoms with E-state index in [2.05, 4.69) is 21.2 Å². The average Bonchev–Trinajstić information content (AvgIpc) is 2.42. The Morgan fingerprint density at radius 3 is 2.60 bits per heavy atom. The smallest absolute Gasteiger partial charge is 0.142 e. The molecule has 0 bridgehead atoms. The van der Waals surface area contributed by atoms with Crippen LogP contribution in [-0.2, 0) is 0 Å². The minimum absolute atomic E-state index is 0.0201. The summed E-state index contributed by atoms with van der Waals surface area (Å²) in [6.07, 6.45) is 0. The standard InChI is InChI=1S/C16H17BrFNO/c1-10-4-5-12(8-14(10)18)11(2)19-15-9-13(17)6-7-16(15)20-3/h4-9,11,19H,1-3H3. The molecule has 0 saturated carbocycles. The predicted octanol–water partition coefficient (Wildman–Crippen LogP) is 5.08. The van der Waals surface area contributed by atoms with Crippen LogP contribution >= 0.6 is 15.9 Å². The third-order valence-corrected chi connectivity index (χ3v) is 3.72. The Hall–Kier alpha value is -1.55. The van der Waals surface area contributed by atoms with E-state index in [0.29, 0.717) is 5.56 Å². The highest BCUT2D eigenvalue weighted by Crippen LogP contribution is 2.31. The molecular weight excluding hydrogens is 321 g/mol. The van der Waals surface area contributed by atoms with Gasteiger partial charge in [0.15, 0.2) is 0 Å². The Balaban J connectivity index is 2.24. The fourth-order valence-electron chi connectivity index (χ4n) is 1.99. The van der Waals surface area contributed by atoms with Crippen molar-refractivity contribution in [2.45, 2.75) is 19.9 Å². The third kappa shape index (κ3) is 3.31. The molecule has 0 aliphatic heterocycles. The molecule has 0 amide bonds. The van der Waals surface area contributed by atoms with E-state index in [9.17, 15) is 4.39 Å². The fourth-order valence-corrected chi connectivity index (χ4v) is 2.35. The predicted molar refractivity (Wildman–Crippen MR) is 83.9 cm³/mol. The van der Waals surface area contributed by atoms with Crippen molar-refractivity contribution in [2.75, 3.05) is 12.4 Å². The van der Waals surface area contributed by atoms with Crippen LogP contribution in [0.4, 0.5) is 10.1 Å². The molecule has 2 rings (SSSR count). The van der Waals surface area contributed by atoms with Crippen molar-refractivity contribution in [2.24, 2.45) is 0 Å². The molecule has 0 aliphatic rings. The summed E-state index contributed by atoms with van der Waals surface area (Å²) in [7, 11) is 1.63. The number of rotatable bonds is 4. The average molecular weight is 338 g/mol. The van der Waals surface area contributed by atoms with Crippen molar-refractivity contribution in [1.82, 2.24) is 0 Å². The Bertz CT molecular complexity index is 615. The highest BCUT2D eigenvalue weighted by atomic mass is 79.9. The summed E-state index contributed by atoms with van der Waals surface area (Å²) in [5, 5.41) is 3.34. The van der Waals surface area contributed by atoms with Gasteiger partial charge in [-0.2, -0.15) is 0 Å². The van der Waals surface area contributed by atoms with Gasteiger partial charge in [0.05, 0.1) is 12.8 Å². The van der Waals surface area contributed by atoms with E-state index in [1.807, 2.05) is 31.2 Å². The van der Waals surface area contributed by atoms with E-state index in [-0.39, 0.29) is 11.9 Å². The lowest BCUT2D eigenvalue weighted by Gasteiger charge is -2.18. The van der Waals surface area contributed by atoms with E-state index in [1.165, 1.54) is 0 Å². The Morgan fingerprint density at radius 2 is 1.95 bits per heavy atom. The van der Waals surface area contributed by atoms with Crippen molar-refractivity contribution in [1.29, 1.82) is 0 Å². The monoisotopic (exact) mass is 337 g/mol. The van der Waals surface area contributed by atoms with E-state index in [4.69, 9.17) is 4.74 Å². The van der Waals surface area contributed by atoms with Crippen molar-refractivity contribution in [3.8, 4) is 5.75 Å². The molecule has 0 saturated heterocycles. The molecule has 2 aromatic carbocycles. The molecule has 0 aliphatic carbocycles. The van der Waals surface area contributed by atoms with Gasteiger partial charge in [-0.1, -0.05) is 28.1 Å². The molecular formula is C16H17BrFNO. The summed E-state index contributed by atoms with van der Waals surface area (Å²) >= 11 is 3.44. The first kappa shape index (κ1) is 14.9. The number of hydrogen-bond donors (Lipinski definition) is 1. The Kier molecular flexibility index (Phi) is 4.65. The van der Waals surface area contributed by atoms with Crippen molar-refractivity contribution < 1.29 is 9.13 Å². The molecule has 0 aromatic heterocycles. The lowest BCUT2D eigenvalue weighted by atomic mass is 10.1. The number of methoxy groups -OCH3 is 1. The van der Waals surface area contributed by atoms with Crippen LogP contribution in [0.5, 0.6) is 5.75 Å². The van der Waals surface area contributed by atoms with Crippen molar-refractivity contribution in [3.05, 3.63) is 57.8 Å². The third-order valence-electron chi connectivity index (χ3n) is 3.23. The quantitative estimate of drug-likeness (QED) is 0.840. The molecule has 0 fully saturated rings. The second kappa shape index (κ2) is 6.27. The zero-order valence-electron chi connectivity index (χ0n) is 11.7. The van der Waals surface area contributed by atoms with E-state index in [1.54, 1.807) is 26.2 Å². The summed E-state index contributed by atoms with van der Waals surface area (Å²) in [5.74, 6) is 0.574. The van der Waals surface area contributed by atoms with Crippen LogP contribution in [0.15, 0.2) is 40.9 Å². The van der Waals surface area contributed by atoms with Gasteiger partial charge in [0.25, 0.3) is 0 Å². The van der Waals surface area contributed by atoms with Crippen molar-refractivity contribution in [3.63, 3.8) is 0 Å². The summed E-state index contributed by atoms with van der Waals surface area (Å²) < 4.78 is 19.9. The van der Waals surface area contributed by atoms with E-state index in [0.717, 1.165) is 21.5 Å². The van der Waals surface area contributed by atoms with Gasteiger partial charge in [0, 0.05) is 10.5 Å². The highest BCUT2D eigenvalue weighted by Gasteiger charge is 2.11. The maximum Gasteiger partial charge on any atom is 0.142 e. The number of benzene rings is 2.